The number of aromatic nitrogens is 1. The van der Waals surface area contributed by atoms with Crippen LogP contribution in [0.5, 0.6) is 11.5 Å². The van der Waals surface area contributed by atoms with Gasteiger partial charge in [-0.15, -0.1) is 0 Å². The first-order valence-electron chi connectivity index (χ1n) is 11.5. The Morgan fingerprint density at radius 2 is 1.81 bits per heavy atom. The summed E-state index contributed by atoms with van der Waals surface area (Å²) in [6, 6.07) is 14.4. The van der Waals surface area contributed by atoms with Crippen molar-refractivity contribution in [3.8, 4) is 11.5 Å². The minimum Gasteiger partial charge on any atom is -0.454 e. The zero-order valence-electron chi connectivity index (χ0n) is 17.9. The molecule has 0 unspecified atom stereocenters. The number of para-hydroxylation sites is 1. The summed E-state index contributed by atoms with van der Waals surface area (Å²) in [5.41, 5.74) is 3.50. The molecule has 5 nitrogen and oxygen atoms in total. The van der Waals surface area contributed by atoms with Crippen LogP contribution in [-0.4, -0.2) is 29.1 Å². The Labute approximate surface area is 183 Å². The molecule has 5 rings (SSSR count). The SMILES string of the molecule is O=C(C1CCCCCC1)N(CCc1c[nH]c2ccccc12)Cc1ccc2c(c1)OCO2. The summed E-state index contributed by atoms with van der Waals surface area (Å²) in [5.74, 6) is 2.01. The molecule has 0 atom stereocenters. The number of hydrogen-bond donors (Lipinski definition) is 1. The van der Waals surface area contributed by atoms with Crippen LogP contribution in [0.1, 0.15) is 49.7 Å². The zero-order valence-corrected chi connectivity index (χ0v) is 17.9. The molecule has 1 fully saturated rings. The van der Waals surface area contributed by atoms with Crippen LogP contribution in [0.2, 0.25) is 0 Å². The fourth-order valence-corrected chi connectivity index (χ4v) is 4.91. The largest absolute Gasteiger partial charge is 0.454 e. The second-order valence-corrected chi connectivity index (χ2v) is 8.75. The number of fused-ring (bicyclic) bond motifs is 2. The van der Waals surface area contributed by atoms with E-state index in [9.17, 15) is 4.79 Å². The number of carbonyl (C=O) groups is 1. The normalized spacial score (nSPS) is 16.4. The highest BCUT2D eigenvalue weighted by Gasteiger charge is 2.26. The highest BCUT2D eigenvalue weighted by Crippen LogP contribution is 2.33. The summed E-state index contributed by atoms with van der Waals surface area (Å²) >= 11 is 0. The van der Waals surface area contributed by atoms with E-state index in [0.29, 0.717) is 19.0 Å². The Balaban J connectivity index is 1.35. The lowest BCUT2D eigenvalue weighted by Gasteiger charge is -2.27. The fraction of sp³-hybridized carbons (Fsp3) is 0.423. The third-order valence-electron chi connectivity index (χ3n) is 6.65. The molecule has 1 N–H and O–H groups in total. The van der Waals surface area contributed by atoms with E-state index in [2.05, 4.69) is 34.3 Å². The van der Waals surface area contributed by atoms with Gasteiger partial charge in [0.15, 0.2) is 11.5 Å². The van der Waals surface area contributed by atoms with E-state index in [-0.39, 0.29) is 12.7 Å². The van der Waals surface area contributed by atoms with Gasteiger partial charge in [0.25, 0.3) is 0 Å². The summed E-state index contributed by atoms with van der Waals surface area (Å²) < 4.78 is 11.0. The van der Waals surface area contributed by atoms with Gasteiger partial charge in [0, 0.05) is 36.1 Å². The van der Waals surface area contributed by atoms with Crippen molar-refractivity contribution in [2.24, 2.45) is 5.92 Å². The van der Waals surface area contributed by atoms with Crippen LogP contribution in [0.3, 0.4) is 0 Å². The van der Waals surface area contributed by atoms with E-state index in [1.54, 1.807) is 0 Å². The molecule has 0 spiro atoms. The van der Waals surface area contributed by atoms with Crippen molar-refractivity contribution in [2.45, 2.75) is 51.5 Å². The highest BCUT2D eigenvalue weighted by atomic mass is 16.7. The molecule has 1 aromatic heterocycles. The molecule has 1 amide bonds. The number of carbonyl (C=O) groups excluding carboxylic acids is 1. The number of nitrogens with one attached hydrogen (secondary N) is 1. The molecule has 1 aliphatic carbocycles. The summed E-state index contributed by atoms with van der Waals surface area (Å²) in [6.07, 6.45) is 9.79. The first-order valence-corrected chi connectivity index (χ1v) is 11.5. The lowest BCUT2D eigenvalue weighted by atomic mass is 9.98. The Morgan fingerprint density at radius 3 is 2.68 bits per heavy atom. The Hall–Kier alpha value is -2.95. The standard InChI is InChI=1S/C26H30N2O3/c29-26(20-7-3-1-2-4-8-20)28(17-19-11-12-24-25(15-19)31-18-30-24)14-13-21-16-27-23-10-6-5-9-22(21)23/h5-6,9-12,15-16,20,27H,1-4,7-8,13-14,17-18H2. The van der Waals surface area contributed by atoms with Crippen molar-refractivity contribution in [2.75, 3.05) is 13.3 Å². The molecule has 3 aromatic rings. The Kier molecular flexibility index (Phi) is 5.83. The zero-order chi connectivity index (χ0) is 21.0. The molecule has 2 heterocycles. The smallest absolute Gasteiger partial charge is 0.231 e. The van der Waals surface area contributed by atoms with Crippen LogP contribution >= 0.6 is 0 Å². The van der Waals surface area contributed by atoms with Crippen LogP contribution in [0.4, 0.5) is 0 Å². The minimum absolute atomic E-state index is 0.152. The molecule has 2 aromatic carbocycles. The van der Waals surface area contributed by atoms with Crippen LogP contribution < -0.4 is 9.47 Å². The molecule has 1 aliphatic heterocycles. The van der Waals surface area contributed by atoms with Crippen LogP contribution in [0.15, 0.2) is 48.7 Å². The number of ether oxygens (including phenoxy) is 2. The Bertz CT molecular complexity index is 1050. The van der Waals surface area contributed by atoms with Gasteiger partial charge in [-0.3, -0.25) is 4.79 Å². The maximum absolute atomic E-state index is 13.6. The molecule has 162 valence electrons. The number of amides is 1. The number of benzene rings is 2. The minimum atomic E-state index is 0.152. The summed E-state index contributed by atoms with van der Waals surface area (Å²) in [4.78, 5) is 19.0. The van der Waals surface area contributed by atoms with Gasteiger partial charge in [0.2, 0.25) is 12.7 Å². The lowest BCUT2D eigenvalue weighted by Crippen LogP contribution is -2.37. The average Bonchev–Trinajstić information content (AvgIpc) is 3.34. The van der Waals surface area contributed by atoms with Gasteiger partial charge in [0.1, 0.15) is 0 Å². The quantitative estimate of drug-likeness (QED) is 0.543. The molecule has 31 heavy (non-hydrogen) atoms. The maximum atomic E-state index is 13.6. The van der Waals surface area contributed by atoms with Gasteiger partial charge in [-0.2, -0.15) is 0 Å². The maximum Gasteiger partial charge on any atom is 0.231 e. The van der Waals surface area contributed by atoms with Gasteiger partial charge in [-0.05, 0) is 48.6 Å². The molecule has 0 saturated heterocycles. The fourth-order valence-electron chi connectivity index (χ4n) is 4.91. The summed E-state index contributed by atoms with van der Waals surface area (Å²) in [7, 11) is 0. The third-order valence-corrected chi connectivity index (χ3v) is 6.65. The van der Waals surface area contributed by atoms with E-state index in [0.717, 1.165) is 54.7 Å². The van der Waals surface area contributed by atoms with E-state index in [4.69, 9.17) is 9.47 Å². The Morgan fingerprint density at radius 1 is 1.00 bits per heavy atom. The second-order valence-electron chi connectivity index (χ2n) is 8.75. The first-order chi connectivity index (χ1) is 15.3. The molecular formula is C26H30N2O3. The highest BCUT2D eigenvalue weighted by molar-refractivity contribution is 5.83. The van der Waals surface area contributed by atoms with Crippen LogP contribution in [-0.2, 0) is 17.8 Å². The summed E-state index contributed by atoms with van der Waals surface area (Å²) in [5, 5.41) is 1.24. The van der Waals surface area contributed by atoms with Crippen molar-refractivity contribution in [1.82, 2.24) is 9.88 Å². The molecule has 1 saturated carbocycles. The predicted molar refractivity (Wildman–Crippen MR) is 121 cm³/mol. The number of H-pyrrole nitrogens is 1. The molecule has 2 aliphatic rings. The molecule has 0 bridgehead atoms. The first kappa shape index (κ1) is 20.0. The average molecular weight is 419 g/mol. The monoisotopic (exact) mass is 418 g/mol. The van der Waals surface area contributed by atoms with Crippen molar-refractivity contribution < 1.29 is 14.3 Å². The van der Waals surface area contributed by atoms with Crippen molar-refractivity contribution in [3.05, 3.63) is 59.8 Å². The number of aromatic amines is 1. The van der Waals surface area contributed by atoms with E-state index in [1.807, 2.05) is 24.3 Å². The van der Waals surface area contributed by atoms with E-state index in [1.165, 1.54) is 23.8 Å². The van der Waals surface area contributed by atoms with Gasteiger partial charge in [0.05, 0.1) is 0 Å². The van der Waals surface area contributed by atoms with Crippen LogP contribution in [0.25, 0.3) is 10.9 Å². The number of rotatable bonds is 6. The predicted octanol–water partition coefficient (Wildman–Crippen LogP) is 5.44. The van der Waals surface area contributed by atoms with Gasteiger partial charge < -0.3 is 19.4 Å². The third kappa shape index (κ3) is 4.41. The van der Waals surface area contributed by atoms with Crippen molar-refractivity contribution in [1.29, 1.82) is 0 Å². The molecular weight excluding hydrogens is 388 g/mol. The lowest BCUT2D eigenvalue weighted by molar-refractivity contribution is -0.136. The molecule has 5 heteroatoms. The van der Waals surface area contributed by atoms with E-state index >= 15 is 0 Å². The topological polar surface area (TPSA) is 54.6 Å². The van der Waals surface area contributed by atoms with Gasteiger partial charge in [-0.25, -0.2) is 0 Å². The second kappa shape index (κ2) is 9.04. The van der Waals surface area contributed by atoms with Crippen molar-refractivity contribution in [3.63, 3.8) is 0 Å². The van der Waals surface area contributed by atoms with Crippen LogP contribution in [0, 0.1) is 5.92 Å². The van der Waals surface area contributed by atoms with Gasteiger partial charge >= 0.3 is 0 Å². The number of nitrogens with zero attached hydrogens (tertiary/aromatic N) is 1. The van der Waals surface area contributed by atoms with Gasteiger partial charge in [-0.1, -0.05) is 49.9 Å². The number of hydrogen-bond acceptors (Lipinski definition) is 3. The molecule has 0 radical (unpaired) electrons. The van der Waals surface area contributed by atoms with Crippen molar-refractivity contribution >= 4 is 16.8 Å². The van der Waals surface area contributed by atoms with E-state index < -0.39 is 0 Å². The summed E-state index contributed by atoms with van der Waals surface area (Å²) in [6.45, 7) is 1.59.